The van der Waals surface area contributed by atoms with Gasteiger partial charge in [-0.05, 0) is 36.0 Å². The lowest BCUT2D eigenvalue weighted by Gasteiger charge is -2.14. The normalized spacial score (nSPS) is 15.0. The van der Waals surface area contributed by atoms with E-state index < -0.39 is 29.1 Å². The fourth-order valence-electron chi connectivity index (χ4n) is 2.95. The van der Waals surface area contributed by atoms with Crippen LogP contribution < -0.4 is 0 Å². The Kier molecular flexibility index (Phi) is 3.72. The summed E-state index contributed by atoms with van der Waals surface area (Å²) in [5.74, 6) is -3.10. The van der Waals surface area contributed by atoms with E-state index in [1.807, 2.05) is 18.2 Å². The molecule has 1 aliphatic carbocycles. The zero-order chi connectivity index (χ0) is 15.0. The standard InChI is InChI=1S/C17H15F3O/c18-13-8-14(19)17(15(20)9-13)16(21)7-10-4-5-11-2-1-3-12(11)6-10/h4-6,8-9,16,21H,1-3,7H2. The van der Waals surface area contributed by atoms with E-state index in [-0.39, 0.29) is 6.42 Å². The lowest BCUT2D eigenvalue weighted by molar-refractivity contribution is 0.168. The second-order valence-corrected chi connectivity index (χ2v) is 5.46. The Morgan fingerprint density at radius 2 is 1.62 bits per heavy atom. The van der Waals surface area contributed by atoms with Crippen molar-refractivity contribution in [1.82, 2.24) is 0 Å². The van der Waals surface area contributed by atoms with Gasteiger partial charge < -0.3 is 5.11 Å². The zero-order valence-electron chi connectivity index (χ0n) is 11.4. The molecule has 1 aliphatic rings. The molecular weight excluding hydrogens is 277 g/mol. The Morgan fingerprint density at radius 1 is 0.952 bits per heavy atom. The molecule has 1 N–H and O–H groups in total. The molecule has 0 heterocycles. The summed E-state index contributed by atoms with van der Waals surface area (Å²) in [5, 5.41) is 10.1. The number of fused-ring (bicyclic) bond motifs is 1. The number of rotatable bonds is 3. The maximum Gasteiger partial charge on any atom is 0.134 e. The first-order valence-corrected chi connectivity index (χ1v) is 6.98. The van der Waals surface area contributed by atoms with E-state index in [0.717, 1.165) is 24.8 Å². The van der Waals surface area contributed by atoms with Gasteiger partial charge in [0, 0.05) is 18.6 Å². The molecule has 1 nitrogen and oxygen atoms in total. The maximum atomic E-state index is 13.6. The first-order valence-electron chi connectivity index (χ1n) is 6.98. The SMILES string of the molecule is OC(Cc1ccc2c(c1)CCC2)c1c(F)cc(F)cc1F. The fourth-order valence-corrected chi connectivity index (χ4v) is 2.95. The average molecular weight is 292 g/mol. The Labute approximate surface area is 121 Å². The predicted molar refractivity (Wildman–Crippen MR) is 73.4 cm³/mol. The minimum Gasteiger partial charge on any atom is -0.388 e. The van der Waals surface area contributed by atoms with Gasteiger partial charge in [-0.25, -0.2) is 13.2 Å². The Balaban J connectivity index is 1.85. The summed E-state index contributed by atoms with van der Waals surface area (Å²) >= 11 is 0. The molecule has 0 radical (unpaired) electrons. The van der Waals surface area contributed by atoms with Gasteiger partial charge in [-0.1, -0.05) is 18.2 Å². The Bertz CT molecular complexity index is 659. The minimum absolute atomic E-state index is 0.104. The van der Waals surface area contributed by atoms with Crippen LogP contribution in [0.15, 0.2) is 30.3 Å². The van der Waals surface area contributed by atoms with Crippen LogP contribution in [0.3, 0.4) is 0 Å². The van der Waals surface area contributed by atoms with Gasteiger partial charge >= 0.3 is 0 Å². The van der Waals surface area contributed by atoms with Crippen molar-refractivity contribution in [2.45, 2.75) is 31.8 Å². The summed E-state index contributed by atoms with van der Waals surface area (Å²) in [6, 6.07) is 7.02. The molecule has 0 aliphatic heterocycles. The number of aliphatic hydroxyl groups excluding tert-OH is 1. The third-order valence-electron chi connectivity index (χ3n) is 3.97. The molecule has 0 saturated carbocycles. The van der Waals surface area contributed by atoms with Crippen LogP contribution in [-0.2, 0) is 19.3 Å². The number of benzene rings is 2. The molecule has 0 fully saturated rings. The number of halogens is 3. The van der Waals surface area contributed by atoms with E-state index in [2.05, 4.69) is 0 Å². The number of hydrogen-bond acceptors (Lipinski definition) is 1. The van der Waals surface area contributed by atoms with Crippen molar-refractivity contribution < 1.29 is 18.3 Å². The monoisotopic (exact) mass is 292 g/mol. The second-order valence-electron chi connectivity index (χ2n) is 5.46. The van der Waals surface area contributed by atoms with Gasteiger partial charge in [-0.2, -0.15) is 0 Å². The van der Waals surface area contributed by atoms with Crippen molar-refractivity contribution in [3.63, 3.8) is 0 Å². The van der Waals surface area contributed by atoms with Crippen LogP contribution in [0.2, 0.25) is 0 Å². The smallest absolute Gasteiger partial charge is 0.134 e. The van der Waals surface area contributed by atoms with Crippen LogP contribution in [0, 0.1) is 17.5 Å². The molecular formula is C17H15F3O. The van der Waals surface area contributed by atoms with Gasteiger partial charge in [0.2, 0.25) is 0 Å². The molecule has 0 bridgehead atoms. The highest BCUT2D eigenvalue weighted by Gasteiger charge is 2.20. The van der Waals surface area contributed by atoms with E-state index in [4.69, 9.17) is 0 Å². The van der Waals surface area contributed by atoms with E-state index >= 15 is 0 Å². The van der Waals surface area contributed by atoms with Gasteiger partial charge in [-0.3, -0.25) is 0 Å². The molecule has 4 heteroatoms. The van der Waals surface area contributed by atoms with Crippen molar-refractivity contribution in [2.24, 2.45) is 0 Å². The van der Waals surface area contributed by atoms with Crippen LogP contribution in [0.25, 0.3) is 0 Å². The highest BCUT2D eigenvalue weighted by molar-refractivity contribution is 5.36. The highest BCUT2D eigenvalue weighted by Crippen LogP contribution is 2.28. The summed E-state index contributed by atoms with van der Waals surface area (Å²) < 4.78 is 40.2. The van der Waals surface area contributed by atoms with Gasteiger partial charge in [0.1, 0.15) is 17.5 Å². The summed E-state index contributed by atoms with van der Waals surface area (Å²) in [4.78, 5) is 0. The maximum absolute atomic E-state index is 13.6. The molecule has 2 aromatic carbocycles. The van der Waals surface area contributed by atoms with Crippen LogP contribution in [0.4, 0.5) is 13.2 Å². The molecule has 2 aromatic rings. The Morgan fingerprint density at radius 3 is 2.33 bits per heavy atom. The van der Waals surface area contributed by atoms with Gasteiger partial charge in [0.05, 0.1) is 11.7 Å². The lowest BCUT2D eigenvalue weighted by atomic mass is 9.98. The third kappa shape index (κ3) is 2.81. The molecule has 1 unspecified atom stereocenters. The molecule has 21 heavy (non-hydrogen) atoms. The van der Waals surface area contributed by atoms with Crippen LogP contribution in [0.5, 0.6) is 0 Å². The third-order valence-corrected chi connectivity index (χ3v) is 3.97. The summed E-state index contributed by atoms with van der Waals surface area (Å²) in [5.41, 5.74) is 2.88. The molecule has 0 amide bonds. The summed E-state index contributed by atoms with van der Waals surface area (Å²) in [7, 11) is 0. The van der Waals surface area contributed by atoms with Crippen molar-refractivity contribution in [3.05, 3.63) is 70.0 Å². The van der Waals surface area contributed by atoms with Gasteiger partial charge in [0.15, 0.2) is 0 Å². The van der Waals surface area contributed by atoms with E-state index in [1.54, 1.807) is 0 Å². The van der Waals surface area contributed by atoms with Crippen molar-refractivity contribution in [3.8, 4) is 0 Å². The molecule has 3 rings (SSSR count). The molecule has 1 atom stereocenters. The van der Waals surface area contributed by atoms with Crippen LogP contribution in [-0.4, -0.2) is 5.11 Å². The van der Waals surface area contributed by atoms with E-state index in [0.29, 0.717) is 12.1 Å². The first kappa shape index (κ1) is 14.1. The zero-order valence-corrected chi connectivity index (χ0v) is 11.4. The lowest BCUT2D eigenvalue weighted by Crippen LogP contribution is -2.08. The number of aryl methyl sites for hydroxylation is 2. The van der Waals surface area contributed by atoms with Crippen LogP contribution in [0.1, 0.15) is 34.8 Å². The second kappa shape index (κ2) is 5.53. The summed E-state index contributed by atoms with van der Waals surface area (Å²) in [6.07, 6.45) is 1.94. The molecule has 0 aromatic heterocycles. The van der Waals surface area contributed by atoms with Crippen molar-refractivity contribution in [1.29, 1.82) is 0 Å². The molecule has 0 spiro atoms. The van der Waals surface area contributed by atoms with Crippen LogP contribution >= 0.6 is 0 Å². The van der Waals surface area contributed by atoms with E-state index in [1.165, 1.54) is 11.1 Å². The quantitative estimate of drug-likeness (QED) is 0.910. The first-order chi connectivity index (χ1) is 10.0. The van der Waals surface area contributed by atoms with Crippen molar-refractivity contribution in [2.75, 3.05) is 0 Å². The Hall–Kier alpha value is -1.81. The topological polar surface area (TPSA) is 20.2 Å². The largest absolute Gasteiger partial charge is 0.388 e. The average Bonchev–Trinajstić information content (AvgIpc) is 2.84. The number of hydrogen-bond donors (Lipinski definition) is 1. The molecule has 110 valence electrons. The van der Waals surface area contributed by atoms with E-state index in [9.17, 15) is 18.3 Å². The molecule has 0 saturated heterocycles. The highest BCUT2D eigenvalue weighted by atomic mass is 19.1. The van der Waals surface area contributed by atoms with Gasteiger partial charge in [-0.15, -0.1) is 0 Å². The summed E-state index contributed by atoms with van der Waals surface area (Å²) in [6.45, 7) is 0. The van der Waals surface area contributed by atoms with Crippen molar-refractivity contribution >= 4 is 0 Å². The predicted octanol–water partition coefficient (Wildman–Crippen LogP) is 3.87. The fraction of sp³-hybridized carbons (Fsp3) is 0.294. The number of aliphatic hydroxyl groups is 1. The van der Waals surface area contributed by atoms with Gasteiger partial charge in [0.25, 0.3) is 0 Å². The minimum atomic E-state index is -1.33.